The van der Waals surface area contributed by atoms with Crippen molar-refractivity contribution in [3.05, 3.63) is 46.3 Å². The Labute approximate surface area is 140 Å². The van der Waals surface area contributed by atoms with Gasteiger partial charge in [-0.3, -0.25) is 4.79 Å². The zero-order valence-corrected chi connectivity index (χ0v) is 14.2. The van der Waals surface area contributed by atoms with E-state index in [1.54, 1.807) is 11.9 Å². The van der Waals surface area contributed by atoms with Crippen LogP contribution in [0.15, 0.2) is 28.8 Å². The minimum absolute atomic E-state index is 0.0337. The quantitative estimate of drug-likeness (QED) is 0.931. The largest absolute Gasteiger partial charge is 0.373 e. The molecule has 1 aliphatic rings. The molecule has 2 heterocycles. The Morgan fingerprint density at radius 2 is 2.26 bits per heavy atom. The molecule has 0 aliphatic carbocycles. The molecular weight excluding hydrogens is 314 g/mol. The molecular formula is C17H20ClN3O2. The minimum atomic E-state index is -0.259. The van der Waals surface area contributed by atoms with Crippen LogP contribution >= 0.6 is 11.6 Å². The monoisotopic (exact) mass is 333 g/mol. The average Bonchev–Trinajstić information content (AvgIpc) is 3.12. The molecule has 1 aromatic carbocycles. The number of halogens is 1. The first-order valence-corrected chi connectivity index (χ1v) is 8.07. The van der Waals surface area contributed by atoms with Crippen molar-refractivity contribution in [2.24, 2.45) is 0 Å². The SMILES string of the molecule is CC(C)c1cc(CN(C)C(=O)[C@H]2Cc3cc(Cl)ccc3N2)no1. The summed E-state index contributed by atoms with van der Waals surface area (Å²) in [4.78, 5) is 14.3. The molecule has 1 amide bonds. The maximum atomic E-state index is 12.6. The van der Waals surface area contributed by atoms with E-state index in [0.29, 0.717) is 18.0 Å². The molecule has 23 heavy (non-hydrogen) atoms. The van der Waals surface area contributed by atoms with Gasteiger partial charge in [-0.2, -0.15) is 0 Å². The zero-order chi connectivity index (χ0) is 16.6. The summed E-state index contributed by atoms with van der Waals surface area (Å²) < 4.78 is 5.28. The number of hydrogen-bond acceptors (Lipinski definition) is 4. The van der Waals surface area contributed by atoms with Crippen molar-refractivity contribution in [3.8, 4) is 0 Å². The van der Waals surface area contributed by atoms with Crippen LogP contribution in [0.5, 0.6) is 0 Å². The van der Waals surface area contributed by atoms with Gasteiger partial charge in [-0.15, -0.1) is 0 Å². The summed E-state index contributed by atoms with van der Waals surface area (Å²) in [7, 11) is 1.78. The molecule has 0 saturated carbocycles. The van der Waals surface area contributed by atoms with Gasteiger partial charge in [0.25, 0.3) is 0 Å². The van der Waals surface area contributed by atoms with Crippen LogP contribution in [0.3, 0.4) is 0 Å². The standard InChI is InChI=1S/C17H20ClN3O2/c1-10(2)16-8-13(20-23-16)9-21(3)17(22)15-7-11-6-12(18)4-5-14(11)19-15/h4-6,8,10,15,19H,7,9H2,1-3H3/t15-/m1/s1. The highest BCUT2D eigenvalue weighted by Crippen LogP contribution is 2.29. The number of carbonyl (C=O) groups excluding carboxylic acids is 1. The minimum Gasteiger partial charge on any atom is -0.373 e. The van der Waals surface area contributed by atoms with Gasteiger partial charge in [-0.25, -0.2) is 0 Å². The van der Waals surface area contributed by atoms with E-state index >= 15 is 0 Å². The Balaban J connectivity index is 1.64. The highest BCUT2D eigenvalue weighted by molar-refractivity contribution is 6.30. The first-order valence-electron chi connectivity index (χ1n) is 7.69. The van der Waals surface area contributed by atoms with Crippen LogP contribution in [-0.4, -0.2) is 29.1 Å². The van der Waals surface area contributed by atoms with Crippen molar-refractivity contribution >= 4 is 23.2 Å². The molecule has 0 spiro atoms. The van der Waals surface area contributed by atoms with Gasteiger partial charge in [0.05, 0.1) is 6.54 Å². The molecule has 0 fully saturated rings. The number of nitrogens with one attached hydrogen (secondary N) is 1. The summed E-state index contributed by atoms with van der Waals surface area (Å²) in [5, 5.41) is 7.98. The van der Waals surface area contributed by atoms with Crippen LogP contribution in [0, 0.1) is 0 Å². The van der Waals surface area contributed by atoms with Gasteiger partial charge in [0.15, 0.2) is 0 Å². The van der Waals surface area contributed by atoms with Gasteiger partial charge in [-0.1, -0.05) is 30.6 Å². The second-order valence-corrected chi connectivity index (χ2v) is 6.71. The van der Waals surface area contributed by atoms with Crippen LogP contribution in [0.25, 0.3) is 0 Å². The van der Waals surface area contributed by atoms with E-state index in [1.807, 2.05) is 38.1 Å². The summed E-state index contributed by atoms with van der Waals surface area (Å²) in [5.41, 5.74) is 2.82. The zero-order valence-electron chi connectivity index (χ0n) is 13.5. The second-order valence-electron chi connectivity index (χ2n) is 6.27. The number of likely N-dealkylation sites (N-methyl/N-ethyl adjacent to an activating group) is 1. The van der Waals surface area contributed by atoms with Gasteiger partial charge in [-0.05, 0) is 23.8 Å². The molecule has 2 aromatic rings. The summed E-state index contributed by atoms with van der Waals surface area (Å²) in [5.74, 6) is 1.15. The third-order valence-corrected chi connectivity index (χ3v) is 4.28. The van der Waals surface area contributed by atoms with E-state index in [9.17, 15) is 4.79 Å². The lowest BCUT2D eigenvalue weighted by Gasteiger charge is -2.20. The van der Waals surface area contributed by atoms with Crippen LogP contribution in [0.1, 0.15) is 36.8 Å². The normalized spacial score (nSPS) is 16.3. The second kappa shape index (κ2) is 6.24. The number of nitrogens with zero attached hydrogens (tertiary/aromatic N) is 2. The lowest BCUT2D eigenvalue weighted by Crippen LogP contribution is -2.39. The molecule has 0 saturated heterocycles. The fraction of sp³-hybridized carbons (Fsp3) is 0.412. The van der Waals surface area contributed by atoms with Crippen molar-refractivity contribution in [2.45, 2.75) is 38.8 Å². The lowest BCUT2D eigenvalue weighted by atomic mass is 10.1. The van der Waals surface area contributed by atoms with Crippen molar-refractivity contribution in [2.75, 3.05) is 12.4 Å². The molecule has 122 valence electrons. The molecule has 1 N–H and O–H groups in total. The van der Waals surface area contributed by atoms with Crippen LogP contribution in [0.4, 0.5) is 5.69 Å². The van der Waals surface area contributed by atoms with Crippen LogP contribution in [-0.2, 0) is 17.8 Å². The van der Waals surface area contributed by atoms with Crippen LogP contribution in [0.2, 0.25) is 5.02 Å². The maximum Gasteiger partial charge on any atom is 0.245 e. The first-order chi connectivity index (χ1) is 10.9. The number of amides is 1. The number of hydrogen-bond donors (Lipinski definition) is 1. The number of aromatic nitrogens is 1. The Morgan fingerprint density at radius 3 is 2.96 bits per heavy atom. The molecule has 0 unspecified atom stereocenters. The molecule has 5 nitrogen and oxygen atoms in total. The van der Waals surface area contributed by atoms with Gasteiger partial charge in [0.2, 0.25) is 5.91 Å². The van der Waals surface area contributed by atoms with Crippen molar-refractivity contribution in [1.29, 1.82) is 0 Å². The highest BCUT2D eigenvalue weighted by atomic mass is 35.5. The van der Waals surface area contributed by atoms with E-state index in [2.05, 4.69) is 10.5 Å². The van der Waals surface area contributed by atoms with E-state index in [-0.39, 0.29) is 17.9 Å². The van der Waals surface area contributed by atoms with Crippen molar-refractivity contribution in [1.82, 2.24) is 10.1 Å². The highest BCUT2D eigenvalue weighted by Gasteiger charge is 2.29. The van der Waals surface area contributed by atoms with E-state index < -0.39 is 0 Å². The molecule has 1 aliphatic heterocycles. The number of anilines is 1. The maximum absolute atomic E-state index is 12.6. The van der Waals surface area contributed by atoms with Crippen molar-refractivity contribution in [3.63, 3.8) is 0 Å². The number of benzene rings is 1. The predicted octanol–water partition coefficient (Wildman–Crippen LogP) is 3.45. The fourth-order valence-electron chi connectivity index (χ4n) is 2.74. The average molecular weight is 334 g/mol. The number of carbonyl (C=O) groups is 1. The van der Waals surface area contributed by atoms with Crippen LogP contribution < -0.4 is 5.32 Å². The Morgan fingerprint density at radius 1 is 1.48 bits per heavy atom. The van der Waals surface area contributed by atoms with E-state index in [4.69, 9.17) is 16.1 Å². The summed E-state index contributed by atoms with van der Waals surface area (Å²) in [6, 6.07) is 7.30. The van der Waals surface area contributed by atoms with Crippen molar-refractivity contribution < 1.29 is 9.32 Å². The lowest BCUT2D eigenvalue weighted by molar-refractivity contribution is -0.131. The third kappa shape index (κ3) is 3.34. The Hall–Kier alpha value is -2.01. The molecule has 1 atom stereocenters. The smallest absolute Gasteiger partial charge is 0.245 e. The fourth-order valence-corrected chi connectivity index (χ4v) is 2.94. The van der Waals surface area contributed by atoms with E-state index in [1.165, 1.54) is 0 Å². The first kappa shape index (κ1) is 15.9. The predicted molar refractivity (Wildman–Crippen MR) is 89.6 cm³/mol. The summed E-state index contributed by atoms with van der Waals surface area (Å²) in [6.07, 6.45) is 0.648. The molecule has 1 aromatic heterocycles. The molecule has 3 rings (SSSR count). The molecule has 0 bridgehead atoms. The van der Waals surface area contributed by atoms with E-state index in [0.717, 1.165) is 22.7 Å². The number of rotatable bonds is 4. The van der Waals surface area contributed by atoms with Gasteiger partial charge >= 0.3 is 0 Å². The summed E-state index contributed by atoms with van der Waals surface area (Å²) >= 11 is 6.01. The third-order valence-electron chi connectivity index (χ3n) is 4.04. The van der Waals surface area contributed by atoms with Gasteiger partial charge in [0.1, 0.15) is 17.5 Å². The topological polar surface area (TPSA) is 58.4 Å². The number of fused-ring (bicyclic) bond motifs is 1. The molecule has 0 radical (unpaired) electrons. The Kier molecular flexibility index (Phi) is 4.31. The van der Waals surface area contributed by atoms with Gasteiger partial charge in [0, 0.05) is 36.2 Å². The van der Waals surface area contributed by atoms with Gasteiger partial charge < -0.3 is 14.7 Å². The molecule has 6 heteroatoms. The summed E-state index contributed by atoms with van der Waals surface area (Å²) in [6.45, 7) is 4.53. The Bertz CT molecular complexity index is 726.